The van der Waals surface area contributed by atoms with Gasteiger partial charge in [0.05, 0.1) is 23.9 Å². The highest BCUT2D eigenvalue weighted by molar-refractivity contribution is 5.66. The van der Waals surface area contributed by atoms with Crippen LogP contribution in [-0.2, 0) is 14.3 Å². The van der Waals surface area contributed by atoms with Crippen LogP contribution < -0.4 is 0 Å². The van der Waals surface area contributed by atoms with E-state index in [0.717, 1.165) is 18.4 Å². The molecular formula is C22H36O5. The largest absolute Gasteiger partial charge is 0.459 e. The zero-order chi connectivity index (χ0) is 20.1. The zero-order valence-electron chi connectivity index (χ0n) is 17.4. The van der Waals surface area contributed by atoms with Gasteiger partial charge in [0, 0.05) is 18.8 Å². The van der Waals surface area contributed by atoms with Gasteiger partial charge in [-0.3, -0.25) is 4.79 Å². The van der Waals surface area contributed by atoms with Crippen molar-refractivity contribution in [3.63, 3.8) is 0 Å². The molecule has 8 atom stereocenters. The van der Waals surface area contributed by atoms with E-state index < -0.39 is 17.3 Å². The predicted molar refractivity (Wildman–Crippen MR) is 103 cm³/mol. The third-order valence-electron chi connectivity index (χ3n) is 7.36. The molecule has 154 valence electrons. The van der Waals surface area contributed by atoms with Crippen molar-refractivity contribution in [1.29, 1.82) is 0 Å². The van der Waals surface area contributed by atoms with Crippen molar-refractivity contribution in [2.75, 3.05) is 0 Å². The highest BCUT2D eigenvalue weighted by atomic mass is 16.6. The van der Waals surface area contributed by atoms with E-state index in [2.05, 4.69) is 20.4 Å². The maximum Gasteiger partial charge on any atom is 0.303 e. The third kappa shape index (κ3) is 3.70. The number of ether oxygens (including phenoxy) is 2. The molecule has 0 radical (unpaired) electrons. The van der Waals surface area contributed by atoms with Gasteiger partial charge in [-0.05, 0) is 63.4 Å². The zero-order valence-corrected chi connectivity index (χ0v) is 17.4. The van der Waals surface area contributed by atoms with Crippen molar-refractivity contribution in [1.82, 2.24) is 0 Å². The summed E-state index contributed by atoms with van der Waals surface area (Å²) < 4.78 is 12.4. The second-order valence-electron chi connectivity index (χ2n) is 9.83. The predicted octanol–water partition coefficient (Wildman–Crippen LogP) is 3.23. The molecule has 5 heteroatoms. The Hall–Kier alpha value is -0.910. The van der Waals surface area contributed by atoms with Crippen molar-refractivity contribution >= 4 is 5.97 Å². The number of aliphatic hydroxyl groups is 2. The monoisotopic (exact) mass is 380 g/mol. The standard InChI is InChI=1S/C22H36O5/c1-12(2)15-7-10-22(6,27-14(4)23)19-17-11-13(3)16(24)8-9-21(5,25)20(26-17)18(15)19/h12,15-20,24-25H,3,7-11H2,1-2,4-6H3. The van der Waals surface area contributed by atoms with Crippen molar-refractivity contribution in [3.8, 4) is 0 Å². The molecule has 3 fully saturated rings. The molecule has 1 aliphatic carbocycles. The number of carbonyl (C=O) groups is 1. The molecule has 0 spiro atoms. The fourth-order valence-electron chi connectivity index (χ4n) is 6.03. The Morgan fingerprint density at radius 2 is 1.96 bits per heavy atom. The van der Waals surface area contributed by atoms with Crippen molar-refractivity contribution < 1.29 is 24.5 Å². The highest BCUT2D eigenvalue weighted by Crippen LogP contribution is 2.57. The Labute approximate surface area is 163 Å². The normalized spacial score (nSPS) is 47.8. The van der Waals surface area contributed by atoms with Gasteiger partial charge in [0.25, 0.3) is 0 Å². The third-order valence-corrected chi connectivity index (χ3v) is 7.36. The van der Waals surface area contributed by atoms with Gasteiger partial charge >= 0.3 is 5.97 Å². The van der Waals surface area contributed by atoms with Gasteiger partial charge in [0.1, 0.15) is 5.60 Å². The lowest BCUT2D eigenvalue weighted by Crippen LogP contribution is -2.55. The first kappa shape index (κ1) is 20.8. The maximum absolute atomic E-state index is 11.9. The summed E-state index contributed by atoms with van der Waals surface area (Å²) >= 11 is 0. The Morgan fingerprint density at radius 1 is 1.30 bits per heavy atom. The topological polar surface area (TPSA) is 76.0 Å². The van der Waals surface area contributed by atoms with E-state index in [4.69, 9.17) is 9.47 Å². The van der Waals surface area contributed by atoms with Crippen LogP contribution in [0.2, 0.25) is 0 Å². The number of fused-ring (bicyclic) bond motifs is 5. The maximum atomic E-state index is 11.9. The second-order valence-corrected chi connectivity index (χ2v) is 9.83. The molecule has 8 unspecified atom stereocenters. The number of hydrogen-bond acceptors (Lipinski definition) is 5. The van der Waals surface area contributed by atoms with E-state index >= 15 is 0 Å². The van der Waals surface area contributed by atoms with Crippen molar-refractivity contribution in [2.45, 2.75) is 96.2 Å². The van der Waals surface area contributed by atoms with Crippen LogP contribution in [0.3, 0.4) is 0 Å². The fraction of sp³-hybridized carbons (Fsp3) is 0.864. The minimum Gasteiger partial charge on any atom is -0.459 e. The van der Waals surface area contributed by atoms with E-state index in [1.54, 1.807) is 0 Å². The minimum absolute atomic E-state index is 0.0129. The molecule has 2 aliphatic heterocycles. The summed E-state index contributed by atoms with van der Waals surface area (Å²) in [6, 6.07) is 0. The van der Waals surface area contributed by atoms with Gasteiger partial charge in [-0.1, -0.05) is 20.4 Å². The van der Waals surface area contributed by atoms with E-state index in [1.807, 2.05) is 13.8 Å². The summed E-state index contributed by atoms with van der Waals surface area (Å²) in [4.78, 5) is 11.9. The van der Waals surface area contributed by atoms with Crippen LogP contribution in [0, 0.1) is 23.7 Å². The molecule has 0 aromatic heterocycles. The number of esters is 1. The molecule has 5 nitrogen and oxygen atoms in total. The second kappa shape index (κ2) is 7.16. The summed E-state index contributed by atoms with van der Waals surface area (Å²) in [5, 5.41) is 21.7. The average Bonchev–Trinajstić information content (AvgIpc) is 2.93. The summed E-state index contributed by atoms with van der Waals surface area (Å²) in [6.07, 6.45) is 2.06. The molecule has 2 bridgehead atoms. The molecule has 2 saturated heterocycles. The summed E-state index contributed by atoms with van der Waals surface area (Å²) in [7, 11) is 0. The molecule has 0 aromatic rings. The van der Waals surface area contributed by atoms with E-state index in [9.17, 15) is 15.0 Å². The first-order valence-electron chi connectivity index (χ1n) is 10.4. The molecule has 3 aliphatic rings. The summed E-state index contributed by atoms with van der Waals surface area (Å²) in [6.45, 7) is 13.8. The molecule has 1 saturated carbocycles. The summed E-state index contributed by atoms with van der Waals surface area (Å²) in [5.41, 5.74) is -0.916. The molecule has 3 rings (SSSR count). The van der Waals surface area contributed by atoms with Gasteiger partial charge in [-0.15, -0.1) is 0 Å². The average molecular weight is 381 g/mol. The Bertz CT molecular complexity index is 598. The first-order valence-corrected chi connectivity index (χ1v) is 10.4. The number of carbonyl (C=O) groups excluding carboxylic acids is 1. The van der Waals surface area contributed by atoms with Gasteiger partial charge < -0.3 is 19.7 Å². The summed E-state index contributed by atoms with van der Waals surface area (Å²) in [5.74, 6) is 0.681. The minimum atomic E-state index is -1.04. The van der Waals surface area contributed by atoms with Crippen LogP contribution in [-0.4, -0.2) is 45.7 Å². The van der Waals surface area contributed by atoms with Crippen molar-refractivity contribution in [2.24, 2.45) is 23.7 Å². The quantitative estimate of drug-likeness (QED) is 0.568. The van der Waals surface area contributed by atoms with Gasteiger partial charge in [-0.25, -0.2) is 0 Å². The van der Waals surface area contributed by atoms with E-state index in [-0.39, 0.29) is 30.0 Å². The Kier molecular flexibility index (Phi) is 5.52. The van der Waals surface area contributed by atoms with Crippen LogP contribution in [0.1, 0.15) is 66.7 Å². The van der Waals surface area contributed by atoms with Crippen LogP contribution in [0.15, 0.2) is 12.2 Å². The van der Waals surface area contributed by atoms with Gasteiger partial charge in [-0.2, -0.15) is 0 Å². The van der Waals surface area contributed by atoms with Gasteiger partial charge in [0.2, 0.25) is 0 Å². The van der Waals surface area contributed by atoms with Crippen LogP contribution >= 0.6 is 0 Å². The SMILES string of the molecule is C=C1CC2OC(C3C(C(C)C)CCC(C)(OC(C)=O)C23)C(C)(O)CCC1O. The first-order chi connectivity index (χ1) is 12.5. The molecule has 2 N–H and O–H groups in total. The van der Waals surface area contributed by atoms with Crippen LogP contribution in [0.5, 0.6) is 0 Å². The van der Waals surface area contributed by atoms with Crippen LogP contribution in [0.25, 0.3) is 0 Å². The lowest BCUT2D eigenvalue weighted by Gasteiger charge is -2.50. The number of aliphatic hydroxyl groups excluding tert-OH is 1. The van der Waals surface area contributed by atoms with Crippen molar-refractivity contribution in [3.05, 3.63) is 12.2 Å². The smallest absolute Gasteiger partial charge is 0.303 e. The van der Waals surface area contributed by atoms with E-state index in [0.29, 0.717) is 31.1 Å². The Balaban J connectivity index is 2.07. The molecule has 0 aromatic carbocycles. The molecule has 2 heterocycles. The Morgan fingerprint density at radius 3 is 2.56 bits per heavy atom. The highest BCUT2D eigenvalue weighted by Gasteiger charge is 2.63. The fourth-order valence-corrected chi connectivity index (χ4v) is 6.03. The lowest BCUT2D eigenvalue weighted by molar-refractivity contribution is -0.174. The number of rotatable bonds is 2. The lowest BCUT2D eigenvalue weighted by atomic mass is 9.57. The number of hydrogen-bond donors (Lipinski definition) is 2. The van der Waals surface area contributed by atoms with E-state index in [1.165, 1.54) is 6.92 Å². The molecule has 27 heavy (non-hydrogen) atoms. The van der Waals surface area contributed by atoms with Crippen LogP contribution in [0.4, 0.5) is 0 Å². The molecular weight excluding hydrogens is 344 g/mol. The molecule has 0 amide bonds. The van der Waals surface area contributed by atoms with Gasteiger partial charge in [0.15, 0.2) is 0 Å².